The molecule has 0 spiro atoms. The number of rotatable bonds is 7. The summed E-state index contributed by atoms with van der Waals surface area (Å²) in [6.45, 7) is 1.19. The second-order valence-corrected chi connectivity index (χ2v) is 6.77. The number of benzene rings is 2. The lowest BCUT2D eigenvalue weighted by atomic mass is 10.1. The van der Waals surface area contributed by atoms with Gasteiger partial charge in [0.2, 0.25) is 0 Å². The number of carbonyl (C=O) groups is 3. The van der Waals surface area contributed by atoms with Gasteiger partial charge in [0.25, 0.3) is 5.91 Å². The van der Waals surface area contributed by atoms with E-state index in [1.165, 1.54) is 0 Å². The predicted molar refractivity (Wildman–Crippen MR) is 103 cm³/mol. The molecule has 0 atom stereocenters. The zero-order valence-electron chi connectivity index (χ0n) is 14.6. The van der Waals surface area contributed by atoms with E-state index >= 15 is 0 Å². The maximum absolute atomic E-state index is 11.9. The molecular weight excluding hydrogens is 390 g/mol. The number of esters is 1. The standard InChI is InChI=1S/C19H18ClNO5S/c1-2-25-19(24)21-17(22)11-26-18(23)14-5-3-13(4-6-14)12-27-16-9-7-15(20)8-10-16/h3-10H,2,11-12H2,1H3,(H,21,22,24). The van der Waals surface area contributed by atoms with E-state index in [1.54, 1.807) is 30.8 Å². The fraction of sp³-hybridized carbons (Fsp3) is 0.211. The van der Waals surface area contributed by atoms with Crippen LogP contribution >= 0.6 is 23.4 Å². The van der Waals surface area contributed by atoms with Gasteiger partial charge in [-0.15, -0.1) is 11.8 Å². The molecule has 8 heteroatoms. The highest BCUT2D eigenvalue weighted by atomic mass is 35.5. The fourth-order valence-electron chi connectivity index (χ4n) is 1.97. The molecule has 142 valence electrons. The molecular formula is C19H18ClNO5S. The minimum atomic E-state index is -0.874. The van der Waals surface area contributed by atoms with E-state index in [9.17, 15) is 14.4 Å². The Kier molecular flexibility index (Phi) is 8.16. The smallest absolute Gasteiger partial charge is 0.413 e. The number of amides is 2. The van der Waals surface area contributed by atoms with Crippen LogP contribution in [0.15, 0.2) is 53.4 Å². The van der Waals surface area contributed by atoms with Crippen LogP contribution in [-0.2, 0) is 20.0 Å². The van der Waals surface area contributed by atoms with Crippen LogP contribution in [-0.4, -0.2) is 31.2 Å². The molecule has 2 aromatic rings. The lowest BCUT2D eigenvalue weighted by Gasteiger charge is -2.07. The SMILES string of the molecule is CCOC(=O)NC(=O)COC(=O)c1ccc(CSc2ccc(Cl)cc2)cc1. The number of halogens is 1. The van der Waals surface area contributed by atoms with E-state index < -0.39 is 24.6 Å². The zero-order valence-corrected chi connectivity index (χ0v) is 16.1. The van der Waals surface area contributed by atoms with Gasteiger partial charge >= 0.3 is 12.1 Å². The summed E-state index contributed by atoms with van der Waals surface area (Å²) in [5, 5.41) is 2.64. The molecule has 0 radical (unpaired) electrons. The van der Waals surface area contributed by atoms with E-state index in [4.69, 9.17) is 16.3 Å². The van der Waals surface area contributed by atoms with Crippen molar-refractivity contribution in [3.8, 4) is 0 Å². The first-order valence-corrected chi connectivity index (χ1v) is 9.45. The van der Waals surface area contributed by atoms with Crippen molar-refractivity contribution < 1.29 is 23.9 Å². The summed E-state index contributed by atoms with van der Waals surface area (Å²) in [5.74, 6) is -0.664. The van der Waals surface area contributed by atoms with Gasteiger partial charge in [-0.05, 0) is 48.9 Å². The Hall–Kier alpha value is -2.51. The molecule has 6 nitrogen and oxygen atoms in total. The average Bonchev–Trinajstić information content (AvgIpc) is 2.66. The third-order valence-electron chi connectivity index (χ3n) is 3.26. The molecule has 0 unspecified atom stereocenters. The first-order chi connectivity index (χ1) is 13.0. The molecule has 0 heterocycles. The van der Waals surface area contributed by atoms with Gasteiger partial charge in [-0.3, -0.25) is 10.1 Å². The molecule has 2 amide bonds. The normalized spacial score (nSPS) is 10.1. The third-order valence-corrected chi connectivity index (χ3v) is 4.60. The van der Waals surface area contributed by atoms with Crippen molar-refractivity contribution >= 4 is 41.3 Å². The number of thioether (sulfide) groups is 1. The van der Waals surface area contributed by atoms with Gasteiger partial charge in [0.1, 0.15) is 0 Å². The molecule has 0 bridgehead atoms. The van der Waals surface area contributed by atoms with Crippen molar-refractivity contribution in [2.45, 2.75) is 17.6 Å². The molecule has 0 aliphatic rings. The first-order valence-electron chi connectivity index (χ1n) is 8.09. The monoisotopic (exact) mass is 407 g/mol. The van der Waals surface area contributed by atoms with Crippen LogP contribution in [0.2, 0.25) is 5.02 Å². The number of nitrogens with one attached hydrogen (secondary N) is 1. The molecule has 27 heavy (non-hydrogen) atoms. The fourth-order valence-corrected chi connectivity index (χ4v) is 2.95. The number of hydrogen-bond acceptors (Lipinski definition) is 6. The number of alkyl carbamates (subject to hydrolysis) is 1. The van der Waals surface area contributed by atoms with Gasteiger partial charge in [0, 0.05) is 15.7 Å². The largest absolute Gasteiger partial charge is 0.452 e. The van der Waals surface area contributed by atoms with Crippen LogP contribution in [0.1, 0.15) is 22.8 Å². The Labute approximate surface area is 166 Å². The highest BCUT2D eigenvalue weighted by Crippen LogP contribution is 2.24. The van der Waals surface area contributed by atoms with Crippen molar-refractivity contribution in [2.24, 2.45) is 0 Å². The first kappa shape index (κ1) is 20.8. The number of hydrogen-bond donors (Lipinski definition) is 1. The van der Waals surface area contributed by atoms with Crippen molar-refractivity contribution in [3.63, 3.8) is 0 Å². The Morgan fingerprint density at radius 2 is 1.67 bits per heavy atom. The molecule has 0 aromatic heterocycles. The molecule has 0 saturated heterocycles. The lowest BCUT2D eigenvalue weighted by Crippen LogP contribution is -2.34. The molecule has 2 aromatic carbocycles. The highest BCUT2D eigenvalue weighted by Gasteiger charge is 2.13. The van der Waals surface area contributed by atoms with Crippen molar-refractivity contribution in [3.05, 3.63) is 64.7 Å². The van der Waals surface area contributed by atoms with Gasteiger partial charge in [-0.25, -0.2) is 9.59 Å². The quantitative estimate of drug-likeness (QED) is 0.550. The number of imide groups is 1. The summed E-state index contributed by atoms with van der Waals surface area (Å²) in [4.78, 5) is 35.6. The van der Waals surface area contributed by atoms with E-state index in [2.05, 4.69) is 4.74 Å². The number of carbonyl (C=O) groups excluding carboxylic acids is 3. The van der Waals surface area contributed by atoms with Gasteiger partial charge in [0.05, 0.1) is 12.2 Å². The van der Waals surface area contributed by atoms with Crippen molar-refractivity contribution in [1.29, 1.82) is 0 Å². The molecule has 1 N–H and O–H groups in total. The summed E-state index contributed by atoms with van der Waals surface area (Å²) in [7, 11) is 0. The van der Waals surface area contributed by atoms with E-state index in [0.717, 1.165) is 16.2 Å². The van der Waals surface area contributed by atoms with Crippen LogP contribution in [0.3, 0.4) is 0 Å². The van der Waals surface area contributed by atoms with Crippen LogP contribution < -0.4 is 5.32 Å². The summed E-state index contributed by atoms with van der Waals surface area (Å²) < 4.78 is 9.43. The molecule has 0 aliphatic carbocycles. The molecule has 0 saturated carbocycles. The minimum absolute atomic E-state index is 0.140. The minimum Gasteiger partial charge on any atom is -0.452 e. The second kappa shape index (κ2) is 10.6. The van der Waals surface area contributed by atoms with Crippen LogP contribution in [0.5, 0.6) is 0 Å². The highest BCUT2D eigenvalue weighted by molar-refractivity contribution is 7.98. The van der Waals surface area contributed by atoms with Crippen LogP contribution in [0.4, 0.5) is 4.79 Å². The molecule has 0 aliphatic heterocycles. The van der Waals surface area contributed by atoms with Gasteiger partial charge in [-0.2, -0.15) is 0 Å². The zero-order chi connectivity index (χ0) is 19.6. The summed E-state index contributed by atoms with van der Waals surface area (Å²) in [6.07, 6.45) is -0.874. The Bertz CT molecular complexity index is 793. The summed E-state index contributed by atoms with van der Waals surface area (Å²) in [5.41, 5.74) is 1.35. The third kappa shape index (κ3) is 7.32. The van der Waals surface area contributed by atoms with E-state index in [1.807, 2.05) is 41.7 Å². The summed E-state index contributed by atoms with van der Waals surface area (Å²) >= 11 is 7.51. The Morgan fingerprint density at radius 3 is 2.30 bits per heavy atom. The van der Waals surface area contributed by atoms with E-state index in [-0.39, 0.29) is 6.61 Å². The lowest BCUT2D eigenvalue weighted by molar-refractivity contribution is -0.123. The van der Waals surface area contributed by atoms with Gasteiger partial charge < -0.3 is 9.47 Å². The van der Waals surface area contributed by atoms with Gasteiger partial charge in [-0.1, -0.05) is 23.7 Å². The number of ether oxygens (including phenoxy) is 2. The second-order valence-electron chi connectivity index (χ2n) is 5.28. The van der Waals surface area contributed by atoms with Gasteiger partial charge in [0.15, 0.2) is 6.61 Å². The Morgan fingerprint density at radius 1 is 1.00 bits per heavy atom. The van der Waals surface area contributed by atoms with Crippen LogP contribution in [0, 0.1) is 0 Å². The molecule has 2 rings (SSSR count). The Balaban J connectivity index is 1.79. The van der Waals surface area contributed by atoms with Crippen molar-refractivity contribution in [2.75, 3.05) is 13.2 Å². The maximum Gasteiger partial charge on any atom is 0.413 e. The maximum atomic E-state index is 11.9. The predicted octanol–water partition coefficient (Wildman–Crippen LogP) is 4.06. The van der Waals surface area contributed by atoms with E-state index in [0.29, 0.717) is 10.6 Å². The summed E-state index contributed by atoms with van der Waals surface area (Å²) in [6, 6.07) is 14.4. The van der Waals surface area contributed by atoms with Crippen LogP contribution in [0.25, 0.3) is 0 Å². The average molecular weight is 408 g/mol. The van der Waals surface area contributed by atoms with Crippen molar-refractivity contribution in [1.82, 2.24) is 5.32 Å². The molecule has 0 fully saturated rings. The topological polar surface area (TPSA) is 81.7 Å².